The zero-order chi connectivity index (χ0) is 10.9. The molecule has 14 heavy (non-hydrogen) atoms. The molecule has 0 nitrogen and oxygen atoms in total. The van der Waals surface area contributed by atoms with E-state index < -0.39 is 0 Å². The van der Waals surface area contributed by atoms with E-state index in [9.17, 15) is 0 Å². The lowest BCUT2D eigenvalue weighted by atomic mass is 9.85. The Balaban J connectivity index is 2.94. The minimum absolute atomic E-state index is 0.0834. The molecule has 1 aromatic rings. The van der Waals surface area contributed by atoms with Crippen LogP contribution in [0.25, 0.3) is 0 Å². The Morgan fingerprint density at radius 1 is 1.50 bits per heavy atom. The SMILES string of the molecule is CCC(C)(C)C(Cl)c1cc(Br)c(Br)s1. The zero-order valence-electron chi connectivity index (χ0n) is 8.40. The molecule has 80 valence electrons. The summed E-state index contributed by atoms with van der Waals surface area (Å²) in [7, 11) is 0. The molecular weight excluding hydrogens is 347 g/mol. The smallest absolute Gasteiger partial charge is 0.0843 e. The first-order chi connectivity index (χ1) is 6.38. The van der Waals surface area contributed by atoms with Crippen LogP contribution in [0.3, 0.4) is 0 Å². The number of hydrogen-bond acceptors (Lipinski definition) is 1. The van der Waals surface area contributed by atoms with Crippen LogP contribution in [0.4, 0.5) is 0 Å². The van der Waals surface area contributed by atoms with Crippen LogP contribution in [0.2, 0.25) is 0 Å². The van der Waals surface area contributed by atoms with E-state index in [2.05, 4.69) is 58.7 Å². The third-order valence-electron chi connectivity index (χ3n) is 2.51. The number of hydrogen-bond donors (Lipinski definition) is 0. The summed E-state index contributed by atoms with van der Waals surface area (Å²) >= 11 is 15.1. The first-order valence-electron chi connectivity index (χ1n) is 4.47. The summed E-state index contributed by atoms with van der Waals surface area (Å²) in [4.78, 5) is 1.22. The summed E-state index contributed by atoms with van der Waals surface area (Å²) in [6, 6.07) is 2.10. The van der Waals surface area contributed by atoms with Gasteiger partial charge in [0.25, 0.3) is 0 Å². The van der Waals surface area contributed by atoms with Gasteiger partial charge in [0.05, 0.1) is 9.16 Å². The maximum atomic E-state index is 6.45. The van der Waals surface area contributed by atoms with Gasteiger partial charge in [-0.2, -0.15) is 0 Å². The summed E-state index contributed by atoms with van der Waals surface area (Å²) in [5.41, 5.74) is 0.144. The van der Waals surface area contributed by atoms with Crippen molar-refractivity contribution in [3.05, 3.63) is 19.2 Å². The predicted molar refractivity (Wildman–Crippen MR) is 72.4 cm³/mol. The number of alkyl halides is 1. The van der Waals surface area contributed by atoms with Crippen molar-refractivity contribution in [2.45, 2.75) is 32.6 Å². The van der Waals surface area contributed by atoms with Crippen molar-refractivity contribution in [1.29, 1.82) is 0 Å². The number of halogens is 3. The van der Waals surface area contributed by atoms with E-state index in [-0.39, 0.29) is 10.8 Å². The topological polar surface area (TPSA) is 0 Å². The van der Waals surface area contributed by atoms with E-state index in [0.717, 1.165) is 14.7 Å². The van der Waals surface area contributed by atoms with E-state index in [4.69, 9.17) is 11.6 Å². The van der Waals surface area contributed by atoms with Gasteiger partial charge in [0, 0.05) is 9.35 Å². The minimum Gasteiger partial charge on any atom is -0.130 e. The molecule has 4 heteroatoms. The van der Waals surface area contributed by atoms with E-state index in [1.165, 1.54) is 4.88 Å². The lowest BCUT2D eigenvalue weighted by molar-refractivity contribution is 0.339. The highest BCUT2D eigenvalue weighted by atomic mass is 79.9. The molecule has 0 aromatic carbocycles. The standard InChI is InChI=1S/C10H13Br2ClS/c1-4-10(2,3)8(13)7-5-6(11)9(12)14-7/h5,8H,4H2,1-3H3. The molecule has 0 aliphatic rings. The molecule has 1 aromatic heterocycles. The molecule has 0 fully saturated rings. The van der Waals surface area contributed by atoms with Gasteiger partial charge in [0.15, 0.2) is 0 Å². The van der Waals surface area contributed by atoms with Gasteiger partial charge in [-0.25, -0.2) is 0 Å². The summed E-state index contributed by atoms with van der Waals surface area (Å²) in [6.45, 7) is 6.57. The Bertz CT molecular complexity index is 300. The molecule has 0 bridgehead atoms. The Morgan fingerprint density at radius 2 is 2.07 bits per heavy atom. The summed E-state index contributed by atoms with van der Waals surface area (Å²) in [5.74, 6) is 0. The molecule has 0 N–H and O–H groups in total. The van der Waals surface area contributed by atoms with Crippen molar-refractivity contribution < 1.29 is 0 Å². The van der Waals surface area contributed by atoms with E-state index in [1.54, 1.807) is 11.3 Å². The van der Waals surface area contributed by atoms with Crippen molar-refractivity contribution in [3.8, 4) is 0 Å². The van der Waals surface area contributed by atoms with Crippen molar-refractivity contribution in [3.63, 3.8) is 0 Å². The van der Waals surface area contributed by atoms with Crippen molar-refractivity contribution in [1.82, 2.24) is 0 Å². The molecule has 0 aliphatic carbocycles. The largest absolute Gasteiger partial charge is 0.130 e. The zero-order valence-corrected chi connectivity index (χ0v) is 13.1. The van der Waals surface area contributed by atoms with E-state index in [0.29, 0.717) is 0 Å². The molecule has 0 amide bonds. The highest BCUT2D eigenvalue weighted by Gasteiger charge is 2.28. The summed E-state index contributed by atoms with van der Waals surface area (Å²) in [6.07, 6.45) is 1.08. The fourth-order valence-corrected chi connectivity index (χ4v) is 3.68. The Morgan fingerprint density at radius 3 is 2.43 bits per heavy atom. The van der Waals surface area contributed by atoms with Gasteiger partial charge in [-0.3, -0.25) is 0 Å². The normalized spacial score (nSPS) is 14.4. The molecule has 1 unspecified atom stereocenters. The van der Waals surface area contributed by atoms with E-state index >= 15 is 0 Å². The van der Waals surface area contributed by atoms with Gasteiger partial charge in [0.1, 0.15) is 0 Å². The fraction of sp³-hybridized carbons (Fsp3) is 0.600. The second kappa shape index (κ2) is 4.86. The van der Waals surface area contributed by atoms with Crippen LogP contribution < -0.4 is 0 Å². The number of thiophene rings is 1. The van der Waals surface area contributed by atoms with Gasteiger partial charge in [-0.05, 0) is 49.8 Å². The molecule has 0 radical (unpaired) electrons. The lowest BCUT2D eigenvalue weighted by Gasteiger charge is -2.27. The van der Waals surface area contributed by atoms with Gasteiger partial charge in [-0.15, -0.1) is 22.9 Å². The molecule has 0 saturated carbocycles. The molecule has 1 atom stereocenters. The van der Waals surface area contributed by atoms with Crippen LogP contribution >= 0.6 is 54.8 Å². The summed E-state index contributed by atoms with van der Waals surface area (Å²) in [5, 5.41) is 0.0834. The minimum atomic E-state index is 0.0834. The maximum Gasteiger partial charge on any atom is 0.0843 e. The maximum absolute atomic E-state index is 6.45. The average molecular weight is 361 g/mol. The Hall–Kier alpha value is 0.950. The second-order valence-electron chi connectivity index (χ2n) is 3.98. The molecular formula is C10H13Br2ClS. The predicted octanol–water partition coefficient (Wildman–Crippen LogP) is 5.99. The molecule has 0 spiro atoms. The van der Waals surface area contributed by atoms with Crippen molar-refractivity contribution in [2.24, 2.45) is 5.41 Å². The first kappa shape index (κ1) is 13.0. The molecule has 1 rings (SSSR count). The highest BCUT2D eigenvalue weighted by molar-refractivity contribution is 9.13. The Labute approximate surface area is 111 Å². The number of rotatable bonds is 3. The molecule has 0 saturated heterocycles. The fourth-order valence-electron chi connectivity index (χ4n) is 1.05. The summed E-state index contributed by atoms with van der Waals surface area (Å²) < 4.78 is 2.21. The second-order valence-corrected chi connectivity index (χ2v) is 7.67. The third-order valence-corrected chi connectivity index (χ3v) is 6.79. The average Bonchev–Trinajstić information content (AvgIpc) is 2.45. The molecule has 0 aliphatic heterocycles. The van der Waals surface area contributed by atoms with Gasteiger partial charge < -0.3 is 0 Å². The van der Waals surface area contributed by atoms with Gasteiger partial charge in [0.2, 0.25) is 0 Å². The van der Waals surface area contributed by atoms with Crippen molar-refractivity contribution >= 4 is 54.8 Å². The lowest BCUT2D eigenvalue weighted by Crippen LogP contribution is -2.15. The van der Waals surface area contributed by atoms with Crippen molar-refractivity contribution in [2.75, 3.05) is 0 Å². The quantitative estimate of drug-likeness (QED) is 0.581. The molecule has 1 heterocycles. The highest BCUT2D eigenvalue weighted by Crippen LogP contribution is 2.46. The van der Waals surface area contributed by atoms with Crippen LogP contribution in [0.15, 0.2) is 14.3 Å². The monoisotopic (exact) mass is 358 g/mol. The third kappa shape index (κ3) is 2.75. The van der Waals surface area contributed by atoms with Crippen LogP contribution in [-0.4, -0.2) is 0 Å². The van der Waals surface area contributed by atoms with Crippen LogP contribution in [-0.2, 0) is 0 Å². The van der Waals surface area contributed by atoms with Crippen LogP contribution in [0.5, 0.6) is 0 Å². The first-order valence-corrected chi connectivity index (χ1v) is 7.31. The van der Waals surface area contributed by atoms with Gasteiger partial charge in [-0.1, -0.05) is 20.8 Å². The van der Waals surface area contributed by atoms with Crippen LogP contribution in [0, 0.1) is 5.41 Å². The Kier molecular flexibility index (Phi) is 4.51. The van der Waals surface area contributed by atoms with Gasteiger partial charge >= 0.3 is 0 Å². The van der Waals surface area contributed by atoms with E-state index in [1.807, 2.05) is 0 Å². The van der Waals surface area contributed by atoms with Crippen LogP contribution in [0.1, 0.15) is 37.4 Å².